The third-order valence-corrected chi connectivity index (χ3v) is 4.10. The van der Waals surface area contributed by atoms with E-state index in [1.165, 1.54) is 10.4 Å². The van der Waals surface area contributed by atoms with Gasteiger partial charge in [0, 0.05) is 5.92 Å². The molecule has 0 aliphatic rings. The Hall–Kier alpha value is -1.14. The van der Waals surface area contributed by atoms with Gasteiger partial charge in [0.2, 0.25) is 5.16 Å². The van der Waals surface area contributed by atoms with Gasteiger partial charge in [-0.05, 0) is 30.2 Å². The molecule has 0 unspecified atom stereocenters. The molecule has 0 aliphatic heterocycles. The first-order chi connectivity index (χ1) is 8.63. The number of thiophene rings is 1. The number of thioether (sulfide) groups is 1. The topological polar surface area (TPSA) is 43.1 Å². The van der Waals surface area contributed by atoms with Crippen LogP contribution in [0.15, 0.2) is 21.7 Å². The second-order valence-electron chi connectivity index (χ2n) is 4.22. The van der Waals surface area contributed by atoms with Crippen LogP contribution in [0.1, 0.15) is 36.0 Å². The Morgan fingerprint density at radius 1 is 1.44 bits per heavy atom. The molecule has 0 atom stereocenters. The lowest BCUT2D eigenvalue weighted by Gasteiger charge is -2.04. The maximum atomic E-state index is 4.52. The van der Waals surface area contributed by atoms with Crippen molar-refractivity contribution in [1.29, 1.82) is 0 Å². The highest BCUT2D eigenvalue weighted by molar-refractivity contribution is 7.98. The maximum Gasteiger partial charge on any atom is 0.211 e. The Bertz CT molecular complexity index is 554. The van der Waals surface area contributed by atoms with Crippen LogP contribution in [-0.2, 0) is 0 Å². The number of aromatic nitrogens is 3. The van der Waals surface area contributed by atoms with Gasteiger partial charge in [-0.2, -0.15) is 9.78 Å². The van der Waals surface area contributed by atoms with Gasteiger partial charge in [0.05, 0.1) is 11.1 Å². The quantitative estimate of drug-likeness (QED) is 0.637. The zero-order valence-corrected chi connectivity index (χ0v) is 12.5. The molecule has 2 heterocycles. The van der Waals surface area contributed by atoms with E-state index in [9.17, 15) is 0 Å². The molecule has 6 heteroatoms. The summed E-state index contributed by atoms with van der Waals surface area (Å²) in [6.45, 7) is 6.27. The van der Waals surface area contributed by atoms with Crippen LogP contribution < -0.4 is 0 Å². The predicted octanol–water partition coefficient (Wildman–Crippen LogP) is 3.38. The standard InChI is InChI=1S/C12H16N4S2/c1-8(2)11-14-15-12(17-4)16(11)13-7-10-9(3)5-6-18-10/h5-8H,1-4H3/b13-7-. The van der Waals surface area contributed by atoms with Crippen molar-refractivity contribution < 1.29 is 0 Å². The van der Waals surface area contributed by atoms with E-state index in [2.05, 4.69) is 47.5 Å². The molecule has 0 N–H and O–H groups in total. The van der Waals surface area contributed by atoms with Gasteiger partial charge >= 0.3 is 0 Å². The zero-order valence-electron chi connectivity index (χ0n) is 10.9. The second kappa shape index (κ2) is 5.67. The molecule has 0 radical (unpaired) electrons. The Labute approximate surface area is 115 Å². The highest BCUT2D eigenvalue weighted by Crippen LogP contribution is 2.20. The fourth-order valence-electron chi connectivity index (χ4n) is 1.50. The molecular weight excluding hydrogens is 264 g/mol. The van der Waals surface area contributed by atoms with Crippen molar-refractivity contribution in [2.45, 2.75) is 31.8 Å². The molecule has 0 aliphatic carbocycles. The molecule has 96 valence electrons. The Morgan fingerprint density at radius 2 is 2.22 bits per heavy atom. The number of hydrogen-bond donors (Lipinski definition) is 0. The van der Waals surface area contributed by atoms with Crippen LogP contribution in [0.4, 0.5) is 0 Å². The summed E-state index contributed by atoms with van der Waals surface area (Å²) in [5, 5.41) is 15.7. The van der Waals surface area contributed by atoms with Gasteiger partial charge in [-0.3, -0.25) is 0 Å². The summed E-state index contributed by atoms with van der Waals surface area (Å²) >= 11 is 3.24. The van der Waals surface area contributed by atoms with E-state index < -0.39 is 0 Å². The molecule has 2 rings (SSSR count). The van der Waals surface area contributed by atoms with Crippen molar-refractivity contribution in [3.63, 3.8) is 0 Å². The van der Waals surface area contributed by atoms with E-state index in [0.717, 1.165) is 11.0 Å². The summed E-state index contributed by atoms with van der Waals surface area (Å²) in [4.78, 5) is 1.17. The number of nitrogens with zero attached hydrogens (tertiary/aromatic N) is 4. The highest BCUT2D eigenvalue weighted by Gasteiger charge is 2.13. The van der Waals surface area contributed by atoms with Crippen LogP contribution in [0.25, 0.3) is 0 Å². The van der Waals surface area contributed by atoms with E-state index in [0.29, 0.717) is 5.92 Å². The third kappa shape index (κ3) is 2.64. The van der Waals surface area contributed by atoms with Crippen molar-refractivity contribution in [2.75, 3.05) is 6.26 Å². The first-order valence-electron chi connectivity index (χ1n) is 5.71. The largest absolute Gasteiger partial charge is 0.211 e. The SMILES string of the molecule is CSc1nnc(C(C)C)n1/N=C\c1sccc1C. The fraction of sp³-hybridized carbons (Fsp3) is 0.417. The number of rotatable bonds is 4. The van der Waals surface area contributed by atoms with E-state index >= 15 is 0 Å². The van der Waals surface area contributed by atoms with Crippen molar-refractivity contribution in [2.24, 2.45) is 5.10 Å². The molecule has 0 fully saturated rings. The van der Waals surface area contributed by atoms with Crippen molar-refractivity contribution in [3.8, 4) is 0 Å². The van der Waals surface area contributed by atoms with Gasteiger partial charge in [-0.1, -0.05) is 25.6 Å². The van der Waals surface area contributed by atoms with Gasteiger partial charge in [0.25, 0.3) is 0 Å². The normalized spacial score (nSPS) is 11.8. The molecule has 0 aromatic carbocycles. The Morgan fingerprint density at radius 3 is 2.78 bits per heavy atom. The Kier molecular flexibility index (Phi) is 4.19. The summed E-state index contributed by atoms with van der Waals surface area (Å²) < 4.78 is 1.83. The summed E-state index contributed by atoms with van der Waals surface area (Å²) in [5.74, 6) is 1.20. The monoisotopic (exact) mass is 280 g/mol. The molecule has 0 amide bonds. The first kappa shape index (κ1) is 13.3. The van der Waals surface area contributed by atoms with Crippen molar-refractivity contribution >= 4 is 29.3 Å². The van der Waals surface area contributed by atoms with E-state index in [4.69, 9.17) is 0 Å². The average molecular weight is 280 g/mol. The molecular formula is C12H16N4S2. The van der Waals surface area contributed by atoms with Crippen LogP contribution >= 0.6 is 23.1 Å². The lowest BCUT2D eigenvalue weighted by Crippen LogP contribution is -2.01. The predicted molar refractivity (Wildman–Crippen MR) is 77.9 cm³/mol. The van der Waals surface area contributed by atoms with Gasteiger partial charge in [-0.15, -0.1) is 21.5 Å². The van der Waals surface area contributed by atoms with Crippen LogP contribution in [0.2, 0.25) is 0 Å². The van der Waals surface area contributed by atoms with Crippen LogP contribution in [0.3, 0.4) is 0 Å². The van der Waals surface area contributed by atoms with E-state index in [-0.39, 0.29) is 0 Å². The number of hydrogen-bond acceptors (Lipinski definition) is 5. The second-order valence-corrected chi connectivity index (χ2v) is 5.94. The number of aryl methyl sites for hydroxylation is 1. The van der Waals surface area contributed by atoms with Crippen LogP contribution in [0.5, 0.6) is 0 Å². The van der Waals surface area contributed by atoms with Crippen molar-refractivity contribution in [1.82, 2.24) is 14.9 Å². The summed E-state index contributed by atoms with van der Waals surface area (Å²) in [6.07, 6.45) is 3.87. The average Bonchev–Trinajstić information content (AvgIpc) is 2.92. The van der Waals surface area contributed by atoms with Crippen LogP contribution in [0, 0.1) is 6.92 Å². The van der Waals surface area contributed by atoms with Gasteiger partial charge in [0.1, 0.15) is 0 Å². The summed E-state index contributed by atoms with van der Waals surface area (Å²) in [6, 6.07) is 2.09. The van der Waals surface area contributed by atoms with E-state index in [1.54, 1.807) is 23.1 Å². The molecule has 0 saturated carbocycles. The lowest BCUT2D eigenvalue weighted by atomic mass is 10.2. The van der Waals surface area contributed by atoms with Gasteiger partial charge in [-0.25, -0.2) is 0 Å². The minimum absolute atomic E-state index is 0.306. The lowest BCUT2D eigenvalue weighted by molar-refractivity contribution is 0.668. The minimum Gasteiger partial charge on any atom is -0.191 e. The first-order valence-corrected chi connectivity index (χ1v) is 7.81. The van der Waals surface area contributed by atoms with Gasteiger partial charge in [0.15, 0.2) is 5.82 Å². The molecule has 4 nitrogen and oxygen atoms in total. The van der Waals surface area contributed by atoms with Crippen molar-refractivity contribution in [3.05, 3.63) is 27.7 Å². The Balaban J connectivity index is 2.35. The molecule has 0 spiro atoms. The minimum atomic E-state index is 0.306. The van der Waals surface area contributed by atoms with E-state index in [1.807, 2.05) is 17.1 Å². The fourth-order valence-corrected chi connectivity index (χ4v) is 2.72. The molecule has 0 saturated heterocycles. The molecule has 0 bridgehead atoms. The smallest absolute Gasteiger partial charge is 0.191 e. The zero-order chi connectivity index (χ0) is 13.1. The highest BCUT2D eigenvalue weighted by atomic mass is 32.2. The third-order valence-electron chi connectivity index (χ3n) is 2.53. The molecule has 18 heavy (non-hydrogen) atoms. The summed E-state index contributed by atoms with van der Waals surface area (Å²) in [7, 11) is 0. The molecule has 2 aromatic rings. The van der Waals surface area contributed by atoms with Gasteiger partial charge < -0.3 is 0 Å². The molecule has 2 aromatic heterocycles. The summed E-state index contributed by atoms with van der Waals surface area (Å²) in [5.41, 5.74) is 1.24. The maximum absolute atomic E-state index is 4.52. The van der Waals surface area contributed by atoms with Crippen LogP contribution in [-0.4, -0.2) is 27.3 Å².